The van der Waals surface area contributed by atoms with Crippen LogP contribution >= 0.6 is 0 Å². The molecule has 1 aliphatic heterocycles. The van der Waals surface area contributed by atoms with E-state index in [0.717, 1.165) is 54.8 Å². The van der Waals surface area contributed by atoms with Crippen LogP contribution < -0.4 is 9.80 Å². The quantitative estimate of drug-likeness (QED) is 0.707. The van der Waals surface area contributed by atoms with Crippen LogP contribution in [0.15, 0.2) is 30.7 Å². The molecule has 0 aromatic carbocycles. The van der Waals surface area contributed by atoms with Crippen molar-refractivity contribution in [3.8, 4) is 0 Å². The summed E-state index contributed by atoms with van der Waals surface area (Å²) in [6, 6.07) is 4.15. The smallest absolute Gasteiger partial charge is 0.154 e. The lowest BCUT2D eigenvalue weighted by Crippen LogP contribution is -2.47. The number of aryl methyl sites for hydroxylation is 1. The summed E-state index contributed by atoms with van der Waals surface area (Å²) in [6.07, 6.45) is 5.59. The lowest BCUT2D eigenvalue weighted by atomic mass is 9.92. The molecule has 7 heteroatoms. The lowest BCUT2D eigenvalue weighted by Gasteiger charge is -2.36. The average Bonchev–Trinajstić information content (AvgIpc) is 3.07. The Labute approximate surface area is 153 Å². The molecule has 0 aliphatic carbocycles. The highest BCUT2D eigenvalue weighted by Crippen LogP contribution is 2.27. The van der Waals surface area contributed by atoms with Crippen molar-refractivity contribution in [1.29, 1.82) is 0 Å². The van der Waals surface area contributed by atoms with Crippen LogP contribution in [0.25, 0.3) is 5.52 Å². The Morgan fingerprint density at radius 2 is 1.69 bits per heavy atom. The molecule has 0 saturated carbocycles. The SMILES string of the molecule is Cc1nccc(N2CCN(c3nccn4nc(C(C)(C)C)cc34)CC2)n1. The van der Waals surface area contributed by atoms with Gasteiger partial charge >= 0.3 is 0 Å². The van der Waals surface area contributed by atoms with Gasteiger partial charge < -0.3 is 9.80 Å². The molecule has 4 rings (SSSR count). The summed E-state index contributed by atoms with van der Waals surface area (Å²) in [5, 5.41) is 4.73. The van der Waals surface area contributed by atoms with Crippen molar-refractivity contribution in [2.75, 3.05) is 36.0 Å². The Hall–Kier alpha value is -2.70. The average molecular weight is 351 g/mol. The minimum Gasteiger partial charge on any atom is -0.353 e. The van der Waals surface area contributed by atoms with E-state index >= 15 is 0 Å². The first kappa shape index (κ1) is 16.8. The fourth-order valence-corrected chi connectivity index (χ4v) is 3.29. The lowest BCUT2D eigenvalue weighted by molar-refractivity contribution is 0.562. The predicted octanol–water partition coefficient (Wildman–Crippen LogP) is 2.45. The number of rotatable bonds is 2. The third-order valence-corrected chi connectivity index (χ3v) is 4.80. The number of aromatic nitrogens is 5. The van der Waals surface area contributed by atoms with Gasteiger partial charge in [0.05, 0.1) is 5.69 Å². The second kappa shape index (κ2) is 6.23. The van der Waals surface area contributed by atoms with Crippen LogP contribution in [-0.2, 0) is 5.41 Å². The Morgan fingerprint density at radius 3 is 2.38 bits per heavy atom. The van der Waals surface area contributed by atoms with Crippen LogP contribution in [-0.4, -0.2) is 50.7 Å². The van der Waals surface area contributed by atoms with Crippen LogP contribution in [0, 0.1) is 6.92 Å². The summed E-state index contributed by atoms with van der Waals surface area (Å²) in [5.74, 6) is 2.82. The van der Waals surface area contributed by atoms with Gasteiger partial charge in [0.1, 0.15) is 17.2 Å². The molecule has 26 heavy (non-hydrogen) atoms. The molecule has 3 aromatic heterocycles. The van der Waals surface area contributed by atoms with Gasteiger partial charge in [-0.05, 0) is 19.1 Å². The first-order valence-electron chi connectivity index (χ1n) is 9.06. The number of anilines is 2. The zero-order chi connectivity index (χ0) is 18.3. The number of hydrogen-bond acceptors (Lipinski definition) is 6. The summed E-state index contributed by atoms with van der Waals surface area (Å²) in [7, 11) is 0. The van der Waals surface area contributed by atoms with E-state index in [0.29, 0.717) is 0 Å². The third-order valence-electron chi connectivity index (χ3n) is 4.80. The Bertz CT molecular complexity index is 917. The van der Waals surface area contributed by atoms with Crippen molar-refractivity contribution < 1.29 is 0 Å². The molecule has 1 fully saturated rings. The van der Waals surface area contributed by atoms with Gasteiger partial charge in [0.2, 0.25) is 0 Å². The van der Waals surface area contributed by atoms with Gasteiger partial charge in [-0.1, -0.05) is 20.8 Å². The highest BCUT2D eigenvalue weighted by Gasteiger charge is 2.23. The van der Waals surface area contributed by atoms with Gasteiger partial charge in [0, 0.05) is 50.2 Å². The van der Waals surface area contributed by atoms with E-state index < -0.39 is 0 Å². The summed E-state index contributed by atoms with van der Waals surface area (Å²) in [5.41, 5.74) is 2.18. The standard InChI is InChI=1S/C19H25N7/c1-14-20-6-5-17(22-14)24-9-11-25(12-10-24)18-15-13-16(19(2,3)4)23-26(15)8-7-21-18/h5-8,13H,9-12H2,1-4H3. The van der Waals surface area contributed by atoms with E-state index in [9.17, 15) is 0 Å². The van der Waals surface area contributed by atoms with Crippen LogP contribution in [0.4, 0.5) is 11.6 Å². The maximum absolute atomic E-state index is 4.73. The zero-order valence-corrected chi connectivity index (χ0v) is 15.8. The fraction of sp³-hybridized carbons (Fsp3) is 0.474. The Kier molecular flexibility index (Phi) is 4.01. The predicted molar refractivity (Wildman–Crippen MR) is 103 cm³/mol. The first-order chi connectivity index (χ1) is 12.4. The molecule has 7 nitrogen and oxygen atoms in total. The van der Waals surface area contributed by atoms with E-state index in [1.807, 2.05) is 36.1 Å². The maximum Gasteiger partial charge on any atom is 0.154 e. The van der Waals surface area contributed by atoms with Crippen LogP contribution in [0.2, 0.25) is 0 Å². The summed E-state index contributed by atoms with van der Waals surface area (Å²) in [6.45, 7) is 12.1. The molecular formula is C19H25N7. The van der Waals surface area contributed by atoms with Gasteiger partial charge in [0.25, 0.3) is 0 Å². The summed E-state index contributed by atoms with van der Waals surface area (Å²) < 4.78 is 1.95. The van der Waals surface area contributed by atoms with E-state index in [-0.39, 0.29) is 5.41 Å². The fourth-order valence-electron chi connectivity index (χ4n) is 3.29. The zero-order valence-electron chi connectivity index (χ0n) is 15.8. The number of nitrogens with zero attached hydrogens (tertiary/aromatic N) is 7. The van der Waals surface area contributed by atoms with Crippen molar-refractivity contribution in [2.24, 2.45) is 0 Å². The molecule has 0 radical (unpaired) electrons. The van der Waals surface area contributed by atoms with Gasteiger partial charge in [-0.15, -0.1) is 0 Å². The van der Waals surface area contributed by atoms with Crippen LogP contribution in [0.5, 0.6) is 0 Å². The van der Waals surface area contributed by atoms with Gasteiger partial charge in [0.15, 0.2) is 5.82 Å². The highest BCUT2D eigenvalue weighted by molar-refractivity contribution is 5.70. The van der Waals surface area contributed by atoms with E-state index in [1.54, 1.807) is 0 Å². The monoisotopic (exact) mass is 351 g/mol. The molecular weight excluding hydrogens is 326 g/mol. The third kappa shape index (κ3) is 3.09. The van der Waals surface area contributed by atoms with Crippen molar-refractivity contribution in [3.63, 3.8) is 0 Å². The number of piperazine rings is 1. The molecule has 1 saturated heterocycles. The molecule has 4 heterocycles. The molecule has 0 N–H and O–H groups in total. The molecule has 3 aromatic rings. The molecule has 0 amide bonds. The molecule has 0 bridgehead atoms. The second-order valence-electron chi connectivity index (χ2n) is 7.80. The van der Waals surface area contributed by atoms with Crippen molar-refractivity contribution in [3.05, 3.63) is 42.2 Å². The van der Waals surface area contributed by atoms with Crippen LogP contribution in [0.3, 0.4) is 0 Å². The Morgan fingerprint density at radius 1 is 0.962 bits per heavy atom. The largest absolute Gasteiger partial charge is 0.353 e. The summed E-state index contributed by atoms with van der Waals surface area (Å²) in [4.78, 5) is 18.0. The normalized spacial score (nSPS) is 15.7. The van der Waals surface area contributed by atoms with Crippen LogP contribution in [0.1, 0.15) is 32.3 Å². The molecule has 1 aliphatic rings. The van der Waals surface area contributed by atoms with E-state index in [2.05, 4.69) is 51.6 Å². The molecule has 0 spiro atoms. The van der Waals surface area contributed by atoms with E-state index in [4.69, 9.17) is 5.10 Å². The van der Waals surface area contributed by atoms with Gasteiger partial charge in [-0.3, -0.25) is 0 Å². The summed E-state index contributed by atoms with van der Waals surface area (Å²) >= 11 is 0. The van der Waals surface area contributed by atoms with Crippen molar-refractivity contribution in [2.45, 2.75) is 33.1 Å². The minimum absolute atomic E-state index is 0.0207. The highest BCUT2D eigenvalue weighted by atomic mass is 15.3. The number of hydrogen-bond donors (Lipinski definition) is 0. The maximum atomic E-state index is 4.73. The minimum atomic E-state index is 0.0207. The Balaban J connectivity index is 1.57. The topological polar surface area (TPSA) is 62.5 Å². The molecule has 136 valence electrons. The van der Waals surface area contributed by atoms with Gasteiger partial charge in [-0.2, -0.15) is 5.10 Å². The molecule has 0 unspecified atom stereocenters. The van der Waals surface area contributed by atoms with E-state index in [1.165, 1.54) is 0 Å². The second-order valence-corrected chi connectivity index (χ2v) is 7.80. The first-order valence-corrected chi connectivity index (χ1v) is 9.06. The van der Waals surface area contributed by atoms with Crippen molar-refractivity contribution >= 4 is 17.2 Å². The van der Waals surface area contributed by atoms with Crippen molar-refractivity contribution in [1.82, 2.24) is 24.6 Å². The number of fused-ring (bicyclic) bond motifs is 1. The van der Waals surface area contributed by atoms with Gasteiger partial charge in [-0.25, -0.2) is 19.5 Å². The molecule has 0 atom stereocenters.